The first-order valence-electron chi connectivity index (χ1n) is 8.06. The number of anilines is 1. The largest absolute Gasteiger partial charge is 0.378 e. The van der Waals surface area contributed by atoms with E-state index in [-0.39, 0.29) is 0 Å². The van der Waals surface area contributed by atoms with Crippen molar-refractivity contribution in [3.8, 4) is 22.6 Å². The zero-order valence-electron chi connectivity index (χ0n) is 13.6. The normalized spacial score (nSPS) is 14.8. The Bertz CT molecular complexity index is 839. The molecule has 0 amide bonds. The molecule has 3 aromatic rings. The van der Waals surface area contributed by atoms with E-state index < -0.39 is 0 Å². The number of H-pyrrole nitrogens is 1. The number of pyridine rings is 2. The van der Waals surface area contributed by atoms with E-state index in [1.54, 1.807) is 0 Å². The number of nitrogens with one attached hydrogen (secondary N) is 1. The smallest absolute Gasteiger partial charge is 0.156 e. The lowest BCUT2D eigenvalue weighted by Crippen LogP contribution is -2.36. The lowest BCUT2D eigenvalue weighted by molar-refractivity contribution is 0.122. The molecule has 0 saturated carbocycles. The fourth-order valence-corrected chi connectivity index (χ4v) is 2.86. The Balaban J connectivity index is 1.66. The van der Waals surface area contributed by atoms with E-state index in [0.717, 1.165) is 60.3 Å². The van der Waals surface area contributed by atoms with Crippen molar-refractivity contribution in [2.24, 2.45) is 0 Å². The van der Waals surface area contributed by atoms with Crippen LogP contribution in [0.15, 0.2) is 43.0 Å². The lowest BCUT2D eigenvalue weighted by Gasteiger charge is -2.28. The van der Waals surface area contributed by atoms with Gasteiger partial charge in [-0.15, -0.1) is 0 Å². The summed E-state index contributed by atoms with van der Waals surface area (Å²) in [5.74, 6) is 0.784. The zero-order valence-corrected chi connectivity index (χ0v) is 13.6. The highest BCUT2D eigenvalue weighted by Crippen LogP contribution is 2.26. The Hall–Kier alpha value is -2.73. The van der Waals surface area contributed by atoms with Crippen LogP contribution < -0.4 is 4.90 Å². The molecular weight excluding hydrogens is 302 g/mol. The van der Waals surface area contributed by atoms with E-state index in [9.17, 15) is 0 Å². The molecule has 6 heteroatoms. The number of aryl methyl sites for hydroxylation is 1. The van der Waals surface area contributed by atoms with Crippen LogP contribution in [0.2, 0.25) is 0 Å². The first-order valence-corrected chi connectivity index (χ1v) is 8.06. The van der Waals surface area contributed by atoms with Gasteiger partial charge in [-0.1, -0.05) is 0 Å². The van der Waals surface area contributed by atoms with Gasteiger partial charge in [-0.2, -0.15) is 0 Å². The number of nitrogens with zero attached hydrogens (tertiary/aromatic N) is 4. The van der Waals surface area contributed by atoms with E-state index in [0.29, 0.717) is 0 Å². The van der Waals surface area contributed by atoms with Crippen LogP contribution in [0.1, 0.15) is 5.69 Å². The molecule has 0 spiro atoms. The Morgan fingerprint density at radius 3 is 2.71 bits per heavy atom. The van der Waals surface area contributed by atoms with Crippen molar-refractivity contribution in [1.29, 1.82) is 0 Å². The van der Waals surface area contributed by atoms with Crippen molar-refractivity contribution in [1.82, 2.24) is 19.9 Å². The predicted molar refractivity (Wildman–Crippen MR) is 92.8 cm³/mol. The van der Waals surface area contributed by atoms with Gasteiger partial charge in [-0.3, -0.25) is 9.97 Å². The van der Waals surface area contributed by atoms with Crippen LogP contribution in [0.4, 0.5) is 5.69 Å². The minimum Gasteiger partial charge on any atom is -0.378 e. The molecule has 1 fully saturated rings. The van der Waals surface area contributed by atoms with Gasteiger partial charge in [0.05, 0.1) is 25.1 Å². The summed E-state index contributed by atoms with van der Waals surface area (Å²) in [6.45, 7) is 5.32. The average Bonchev–Trinajstić information content (AvgIpc) is 3.09. The average molecular weight is 321 g/mol. The van der Waals surface area contributed by atoms with Crippen molar-refractivity contribution in [3.05, 3.63) is 48.7 Å². The van der Waals surface area contributed by atoms with Crippen molar-refractivity contribution >= 4 is 5.69 Å². The summed E-state index contributed by atoms with van der Waals surface area (Å²) in [5, 5.41) is 0. The number of rotatable bonds is 3. The molecule has 24 heavy (non-hydrogen) atoms. The number of aromatic nitrogens is 4. The van der Waals surface area contributed by atoms with Gasteiger partial charge in [0.2, 0.25) is 0 Å². The molecule has 3 aromatic heterocycles. The van der Waals surface area contributed by atoms with Crippen LogP contribution in [-0.4, -0.2) is 46.2 Å². The minimum atomic E-state index is 0.765. The van der Waals surface area contributed by atoms with Gasteiger partial charge in [0.25, 0.3) is 0 Å². The number of hydrogen-bond acceptors (Lipinski definition) is 5. The van der Waals surface area contributed by atoms with Gasteiger partial charge in [-0.25, -0.2) is 4.98 Å². The monoisotopic (exact) mass is 321 g/mol. The van der Waals surface area contributed by atoms with Crippen LogP contribution in [0.3, 0.4) is 0 Å². The summed E-state index contributed by atoms with van der Waals surface area (Å²) in [7, 11) is 0. The first kappa shape index (κ1) is 14.8. The van der Waals surface area contributed by atoms with Crippen molar-refractivity contribution in [2.45, 2.75) is 6.92 Å². The van der Waals surface area contributed by atoms with Gasteiger partial charge in [-0.05, 0) is 30.7 Å². The summed E-state index contributed by atoms with van der Waals surface area (Å²) in [6, 6.07) is 6.21. The molecule has 0 aromatic carbocycles. The number of aromatic amines is 1. The maximum Gasteiger partial charge on any atom is 0.156 e. The lowest BCUT2D eigenvalue weighted by atomic mass is 10.1. The zero-order chi connectivity index (χ0) is 16.4. The molecular formula is C18H19N5O. The maximum absolute atomic E-state index is 5.42. The molecule has 1 N–H and O–H groups in total. The maximum atomic E-state index is 5.42. The Morgan fingerprint density at radius 2 is 1.92 bits per heavy atom. The molecule has 1 aliphatic heterocycles. The molecule has 0 unspecified atom stereocenters. The summed E-state index contributed by atoms with van der Waals surface area (Å²) >= 11 is 0. The van der Waals surface area contributed by atoms with E-state index in [1.165, 1.54) is 0 Å². The molecule has 0 aliphatic carbocycles. The summed E-state index contributed by atoms with van der Waals surface area (Å²) in [5.41, 5.74) is 5.14. The van der Waals surface area contributed by atoms with Gasteiger partial charge < -0.3 is 14.6 Å². The van der Waals surface area contributed by atoms with Crippen molar-refractivity contribution < 1.29 is 4.74 Å². The van der Waals surface area contributed by atoms with Crippen molar-refractivity contribution in [2.75, 3.05) is 31.2 Å². The van der Waals surface area contributed by atoms with Gasteiger partial charge in [0.1, 0.15) is 5.69 Å². The second-order valence-electron chi connectivity index (χ2n) is 5.88. The van der Waals surface area contributed by atoms with Crippen LogP contribution in [-0.2, 0) is 4.74 Å². The van der Waals surface area contributed by atoms with Gasteiger partial charge >= 0.3 is 0 Å². The second-order valence-corrected chi connectivity index (χ2v) is 5.88. The number of morpholine rings is 1. The molecule has 4 rings (SSSR count). The Morgan fingerprint density at radius 1 is 1.04 bits per heavy atom. The standard InChI is InChI=1S/C18H19N5O/c1-13-10-21-18(22-13)17-9-14(2-3-20-17)15-8-16(12-19-11-15)23-4-6-24-7-5-23/h2-3,8-12H,4-7H2,1H3,(H,21,22). The molecule has 0 radical (unpaired) electrons. The third-order valence-electron chi connectivity index (χ3n) is 4.14. The molecule has 0 atom stereocenters. The van der Waals surface area contributed by atoms with E-state index in [2.05, 4.69) is 30.9 Å². The number of hydrogen-bond donors (Lipinski definition) is 1. The molecule has 122 valence electrons. The molecule has 1 aliphatic rings. The summed E-state index contributed by atoms with van der Waals surface area (Å²) in [4.78, 5) is 18.7. The third kappa shape index (κ3) is 3.00. The third-order valence-corrected chi connectivity index (χ3v) is 4.14. The minimum absolute atomic E-state index is 0.765. The highest BCUT2D eigenvalue weighted by atomic mass is 16.5. The number of ether oxygens (including phenoxy) is 1. The predicted octanol–water partition coefficient (Wildman–Crippen LogP) is 2.68. The second kappa shape index (κ2) is 6.41. The van der Waals surface area contributed by atoms with Gasteiger partial charge in [0, 0.05) is 42.9 Å². The van der Waals surface area contributed by atoms with Crippen LogP contribution >= 0.6 is 0 Å². The van der Waals surface area contributed by atoms with Crippen molar-refractivity contribution in [3.63, 3.8) is 0 Å². The van der Waals surface area contributed by atoms with Gasteiger partial charge in [0.15, 0.2) is 5.82 Å². The van der Waals surface area contributed by atoms with E-state index in [4.69, 9.17) is 4.74 Å². The fraction of sp³-hybridized carbons (Fsp3) is 0.278. The molecule has 0 bridgehead atoms. The summed E-state index contributed by atoms with van der Waals surface area (Å²) < 4.78 is 5.42. The number of imidazole rings is 1. The van der Waals surface area contributed by atoms with Crippen LogP contribution in [0.25, 0.3) is 22.6 Å². The highest BCUT2D eigenvalue weighted by Gasteiger charge is 2.13. The SMILES string of the molecule is Cc1cnc(-c2cc(-c3cncc(N4CCOCC4)c3)ccn2)[nH]1. The topological polar surface area (TPSA) is 66.9 Å². The van der Waals surface area contributed by atoms with E-state index in [1.807, 2.05) is 43.8 Å². The first-order chi connectivity index (χ1) is 11.8. The van der Waals surface area contributed by atoms with Crippen LogP contribution in [0, 0.1) is 6.92 Å². The Labute approximate surface area is 140 Å². The Kier molecular flexibility index (Phi) is 3.96. The summed E-state index contributed by atoms with van der Waals surface area (Å²) in [6.07, 6.45) is 7.41. The molecule has 6 nitrogen and oxygen atoms in total. The quantitative estimate of drug-likeness (QED) is 0.803. The molecule has 4 heterocycles. The van der Waals surface area contributed by atoms with E-state index >= 15 is 0 Å². The molecule has 1 saturated heterocycles. The van der Waals surface area contributed by atoms with Crippen LogP contribution in [0.5, 0.6) is 0 Å². The highest BCUT2D eigenvalue weighted by molar-refractivity contribution is 5.70. The fourth-order valence-electron chi connectivity index (χ4n) is 2.86.